The molecule has 4 heterocycles. The molecule has 6 heteroatoms. The second kappa shape index (κ2) is 7.72. The fourth-order valence-corrected chi connectivity index (χ4v) is 4.21. The van der Waals surface area contributed by atoms with E-state index < -0.39 is 0 Å². The number of rotatable bonds is 5. The van der Waals surface area contributed by atoms with Crippen LogP contribution in [0.4, 0.5) is 0 Å². The Hall–Kier alpha value is -3.12. The van der Waals surface area contributed by atoms with Gasteiger partial charge < -0.3 is 18.8 Å². The number of ether oxygens (including phenoxy) is 3. The van der Waals surface area contributed by atoms with Gasteiger partial charge in [-0.3, -0.25) is 4.98 Å². The summed E-state index contributed by atoms with van der Waals surface area (Å²) in [6.07, 6.45) is 10.7. The molecule has 0 unspecified atom stereocenters. The van der Waals surface area contributed by atoms with E-state index in [1.54, 1.807) is 7.11 Å². The molecule has 2 atom stereocenters. The van der Waals surface area contributed by atoms with E-state index in [9.17, 15) is 0 Å². The van der Waals surface area contributed by atoms with Crippen LogP contribution in [0.2, 0.25) is 0 Å². The molecule has 0 aliphatic carbocycles. The molecule has 1 saturated heterocycles. The Bertz CT molecular complexity index is 1030. The van der Waals surface area contributed by atoms with E-state index in [1.165, 1.54) is 5.56 Å². The summed E-state index contributed by atoms with van der Waals surface area (Å²) >= 11 is 0. The first-order valence-corrected chi connectivity index (χ1v) is 9.83. The van der Waals surface area contributed by atoms with Crippen LogP contribution in [-0.4, -0.2) is 41.5 Å². The normalized spacial score (nSPS) is 20.7. The van der Waals surface area contributed by atoms with Gasteiger partial charge in [0.2, 0.25) is 0 Å². The van der Waals surface area contributed by atoms with Crippen molar-refractivity contribution in [2.24, 2.45) is 5.92 Å². The highest BCUT2D eigenvalue weighted by Gasteiger charge is 2.32. The van der Waals surface area contributed by atoms with Gasteiger partial charge in [0.1, 0.15) is 12.4 Å². The molecule has 0 spiro atoms. The first-order chi connectivity index (χ1) is 14.3. The van der Waals surface area contributed by atoms with Crippen LogP contribution in [0.25, 0.3) is 11.6 Å². The van der Waals surface area contributed by atoms with Crippen molar-refractivity contribution in [3.63, 3.8) is 0 Å². The highest BCUT2D eigenvalue weighted by Crippen LogP contribution is 2.38. The number of imidazole rings is 1. The van der Waals surface area contributed by atoms with E-state index in [2.05, 4.69) is 38.9 Å². The monoisotopic (exact) mass is 389 g/mol. The Balaban J connectivity index is 1.44. The third-order valence-electron chi connectivity index (χ3n) is 5.66. The lowest BCUT2D eigenvalue weighted by molar-refractivity contribution is 0.180. The van der Waals surface area contributed by atoms with Crippen LogP contribution in [-0.2, 0) is 11.2 Å². The van der Waals surface area contributed by atoms with Gasteiger partial charge in [0, 0.05) is 41.8 Å². The van der Waals surface area contributed by atoms with E-state index in [1.807, 2.05) is 36.8 Å². The number of benzene rings is 1. The first-order valence-electron chi connectivity index (χ1n) is 9.83. The van der Waals surface area contributed by atoms with E-state index in [0.717, 1.165) is 41.5 Å². The number of fused-ring (bicyclic) bond motifs is 1. The predicted molar refractivity (Wildman–Crippen MR) is 110 cm³/mol. The van der Waals surface area contributed by atoms with Crippen molar-refractivity contribution < 1.29 is 14.2 Å². The van der Waals surface area contributed by atoms with Crippen LogP contribution >= 0.6 is 0 Å². The largest absolute Gasteiger partial charge is 0.493 e. The number of para-hydroxylation sites is 1. The molecule has 0 amide bonds. The maximum atomic E-state index is 6.04. The molecule has 3 aromatic rings. The second-order valence-electron chi connectivity index (χ2n) is 7.42. The number of methoxy groups -OCH3 is 1. The Morgan fingerprint density at radius 3 is 2.90 bits per heavy atom. The van der Waals surface area contributed by atoms with Crippen LogP contribution in [0.5, 0.6) is 11.5 Å². The number of pyridine rings is 1. The quantitative estimate of drug-likeness (QED) is 0.667. The summed E-state index contributed by atoms with van der Waals surface area (Å²) in [5.74, 6) is 2.87. The van der Waals surface area contributed by atoms with E-state index in [4.69, 9.17) is 14.2 Å². The van der Waals surface area contributed by atoms with Gasteiger partial charge in [0.25, 0.3) is 0 Å². The van der Waals surface area contributed by atoms with E-state index in [-0.39, 0.29) is 6.04 Å². The third kappa shape index (κ3) is 3.40. The molecule has 2 aliphatic heterocycles. The Kier molecular flexibility index (Phi) is 4.77. The zero-order chi connectivity index (χ0) is 19.6. The number of aromatic nitrogens is 3. The van der Waals surface area contributed by atoms with Crippen molar-refractivity contribution in [2.45, 2.75) is 12.5 Å². The van der Waals surface area contributed by atoms with Crippen molar-refractivity contribution in [1.29, 1.82) is 0 Å². The maximum absolute atomic E-state index is 6.04. The predicted octanol–water partition coefficient (Wildman–Crippen LogP) is 3.65. The van der Waals surface area contributed by atoms with Gasteiger partial charge in [-0.1, -0.05) is 12.1 Å². The minimum atomic E-state index is 0.244. The molecular formula is C23H23N3O3. The number of hydrogen-bond donors (Lipinski definition) is 0. The summed E-state index contributed by atoms with van der Waals surface area (Å²) in [6.45, 7) is 1.91. The standard InChI is InChI=1S/C23H23N3O3/c1-27-21-4-2-3-17-12-19(14-29-22(17)21)23-25-9-10-26(23)20-15-28-13-18(20)11-16-5-7-24-8-6-16/h2-10,12,18,20H,11,13-15H2,1H3/t18-,20+/m0/s1. The number of nitrogens with zero attached hydrogens (tertiary/aromatic N) is 3. The lowest BCUT2D eigenvalue weighted by atomic mass is 9.95. The van der Waals surface area contributed by atoms with Crippen LogP contribution < -0.4 is 9.47 Å². The van der Waals surface area contributed by atoms with Crippen molar-refractivity contribution in [2.75, 3.05) is 26.9 Å². The molecule has 5 rings (SSSR count). The average Bonchev–Trinajstić information content (AvgIpc) is 3.42. The molecule has 0 bridgehead atoms. The van der Waals surface area contributed by atoms with Gasteiger partial charge >= 0.3 is 0 Å². The van der Waals surface area contributed by atoms with Gasteiger partial charge in [-0.05, 0) is 36.3 Å². The second-order valence-corrected chi connectivity index (χ2v) is 7.42. The Morgan fingerprint density at radius 1 is 1.14 bits per heavy atom. The summed E-state index contributed by atoms with van der Waals surface area (Å²) in [5, 5.41) is 0. The summed E-state index contributed by atoms with van der Waals surface area (Å²) in [4.78, 5) is 8.78. The Labute approximate surface area is 169 Å². The summed E-state index contributed by atoms with van der Waals surface area (Å²) in [7, 11) is 1.66. The molecule has 0 radical (unpaired) electrons. The van der Waals surface area contributed by atoms with Crippen LogP contribution in [0, 0.1) is 5.92 Å². The van der Waals surface area contributed by atoms with Crippen molar-refractivity contribution >= 4 is 11.6 Å². The minimum Gasteiger partial charge on any atom is -0.493 e. The lowest BCUT2D eigenvalue weighted by Crippen LogP contribution is -2.22. The minimum absolute atomic E-state index is 0.244. The van der Waals surface area contributed by atoms with Crippen molar-refractivity contribution in [1.82, 2.24) is 14.5 Å². The fourth-order valence-electron chi connectivity index (χ4n) is 4.21. The summed E-state index contributed by atoms with van der Waals surface area (Å²) < 4.78 is 19.6. The van der Waals surface area contributed by atoms with Gasteiger partial charge in [-0.25, -0.2) is 4.98 Å². The maximum Gasteiger partial charge on any atom is 0.168 e. The number of hydrogen-bond acceptors (Lipinski definition) is 5. The molecule has 148 valence electrons. The molecule has 0 N–H and O–H groups in total. The average molecular weight is 389 g/mol. The first kappa shape index (κ1) is 17.9. The molecule has 0 saturated carbocycles. The molecule has 29 heavy (non-hydrogen) atoms. The van der Waals surface area contributed by atoms with Gasteiger partial charge in [0.15, 0.2) is 11.5 Å². The molecule has 1 aromatic carbocycles. The third-order valence-corrected chi connectivity index (χ3v) is 5.66. The van der Waals surface area contributed by atoms with Crippen LogP contribution in [0.1, 0.15) is 23.0 Å². The highest BCUT2D eigenvalue weighted by atomic mass is 16.5. The van der Waals surface area contributed by atoms with Crippen LogP contribution in [0.15, 0.2) is 55.1 Å². The fraction of sp³-hybridized carbons (Fsp3) is 0.304. The molecule has 1 fully saturated rings. The van der Waals surface area contributed by atoms with Gasteiger partial charge in [0.05, 0.1) is 26.4 Å². The Morgan fingerprint density at radius 2 is 2.03 bits per heavy atom. The van der Waals surface area contributed by atoms with Gasteiger partial charge in [-0.15, -0.1) is 0 Å². The highest BCUT2D eigenvalue weighted by molar-refractivity contribution is 5.84. The van der Waals surface area contributed by atoms with E-state index >= 15 is 0 Å². The van der Waals surface area contributed by atoms with E-state index in [0.29, 0.717) is 19.1 Å². The zero-order valence-corrected chi connectivity index (χ0v) is 16.3. The van der Waals surface area contributed by atoms with Gasteiger partial charge in [-0.2, -0.15) is 0 Å². The molecule has 2 aliphatic rings. The molecule has 6 nitrogen and oxygen atoms in total. The molecular weight excluding hydrogens is 366 g/mol. The summed E-state index contributed by atoms with van der Waals surface area (Å²) in [6, 6.07) is 10.3. The van der Waals surface area contributed by atoms with Crippen molar-refractivity contribution in [3.05, 3.63) is 72.1 Å². The zero-order valence-electron chi connectivity index (χ0n) is 16.3. The lowest BCUT2D eigenvalue weighted by Gasteiger charge is -2.24. The van der Waals surface area contributed by atoms with Crippen molar-refractivity contribution in [3.8, 4) is 11.5 Å². The smallest absolute Gasteiger partial charge is 0.168 e. The topological polar surface area (TPSA) is 58.4 Å². The SMILES string of the molecule is COc1cccc2c1OCC(c1nccn1[C@@H]1COC[C@@H]1Cc1ccncc1)=C2. The molecule has 2 aromatic heterocycles. The summed E-state index contributed by atoms with van der Waals surface area (Å²) in [5.41, 5.74) is 3.35. The van der Waals surface area contributed by atoms with Crippen LogP contribution in [0.3, 0.4) is 0 Å².